The zero-order chi connectivity index (χ0) is 16.7. The van der Waals surface area contributed by atoms with Crippen LogP contribution in [0.3, 0.4) is 0 Å². The van der Waals surface area contributed by atoms with E-state index in [0.29, 0.717) is 36.8 Å². The van der Waals surface area contributed by atoms with Crippen LogP contribution in [0.2, 0.25) is 0 Å². The van der Waals surface area contributed by atoms with E-state index in [4.69, 9.17) is 4.52 Å². The Morgan fingerprint density at radius 2 is 2.33 bits per heavy atom. The molecular weight excluding hydrogens is 313 g/mol. The zero-order valence-electron chi connectivity index (χ0n) is 13.6. The molecule has 3 heterocycles. The first-order chi connectivity index (χ1) is 11.6. The number of hydrogen-bond acceptors (Lipinski definition) is 5. The van der Waals surface area contributed by atoms with Gasteiger partial charge in [-0.2, -0.15) is 10.1 Å². The van der Waals surface area contributed by atoms with E-state index in [9.17, 15) is 4.79 Å². The van der Waals surface area contributed by atoms with E-state index in [-0.39, 0.29) is 24.8 Å². The molecule has 0 aromatic carbocycles. The molecule has 0 N–H and O–H groups in total. The number of halogens is 1. The lowest BCUT2D eigenvalue weighted by Gasteiger charge is -2.34. The van der Waals surface area contributed by atoms with Crippen LogP contribution in [0.5, 0.6) is 0 Å². The molecule has 8 heteroatoms. The first-order valence-electron chi connectivity index (χ1n) is 8.44. The van der Waals surface area contributed by atoms with E-state index in [1.165, 1.54) is 11.1 Å². The van der Waals surface area contributed by atoms with Gasteiger partial charge in [-0.25, -0.2) is 4.39 Å². The highest BCUT2D eigenvalue weighted by Crippen LogP contribution is 2.41. The summed E-state index contributed by atoms with van der Waals surface area (Å²) in [7, 11) is 0. The minimum Gasteiger partial charge on any atom is -0.336 e. The molecule has 128 valence electrons. The number of piperidine rings is 1. The average Bonchev–Trinajstić information content (AvgIpc) is 3.13. The third-order valence-corrected chi connectivity index (χ3v) is 4.70. The van der Waals surface area contributed by atoms with Crippen molar-refractivity contribution in [2.75, 3.05) is 13.1 Å². The standard InChI is InChI=1S/C16H20FN5O2/c1-2-22-9-12(8-18-22)14(23)21-7-3-6-16(17,10-21)15-19-13(20-24-15)11-4-5-11/h8-9,11H,2-7,10H2,1H3. The maximum absolute atomic E-state index is 15.4. The number of aryl methyl sites for hydroxylation is 1. The van der Waals surface area contributed by atoms with Gasteiger partial charge in [0.25, 0.3) is 11.8 Å². The van der Waals surface area contributed by atoms with E-state index >= 15 is 4.39 Å². The van der Waals surface area contributed by atoms with E-state index in [1.807, 2.05) is 6.92 Å². The van der Waals surface area contributed by atoms with Crippen molar-refractivity contribution in [3.63, 3.8) is 0 Å². The molecule has 1 aliphatic heterocycles. The number of rotatable bonds is 4. The van der Waals surface area contributed by atoms with Gasteiger partial charge in [0.2, 0.25) is 5.67 Å². The van der Waals surface area contributed by atoms with Gasteiger partial charge in [-0.15, -0.1) is 0 Å². The van der Waals surface area contributed by atoms with Gasteiger partial charge in [0.1, 0.15) is 0 Å². The van der Waals surface area contributed by atoms with Crippen LogP contribution in [0.15, 0.2) is 16.9 Å². The Morgan fingerprint density at radius 3 is 3.04 bits per heavy atom. The molecule has 1 aliphatic carbocycles. The van der Waals surface area contributed by atoms with Crippen molar-refractivity contribution in [1.82, 2.24) is 24.8 Å². The van der Waals surface area contributed by atoms with Crippen LogP contribution in [0.1, 0.15) is 60.6 Å². The molecule has 2 fully saturated rings. The SMILES string of the molecule is CCn1cc(C(=O)N2CCCC(F)(c3nc(C4CC4)no3)C2)cn1. The molecule has 0 bridgehead atoms. The van der Waals surface area contributed by atoms with Crippen molar-refractivity contribution < 1.29 is 13.7 Å². The second kappa shape index (κ2) is 5.68. The Balaban J connectivity index is 1.52. The van der Waals surface area contributed by atoms with Gasteiger partial charge in [-0.05, 0) is 32.6 Å². The highest BCUT2D eigenvalue weighted by molar-refractivity contribution is 5.93. The predicted molar refractivity (Wildman–Crippen MR) is 82.1 cm³/mol. The predicted octanol–water partition coefficient (Wildman–Crippen LogP) is 2.26. The van der Waals surface area contributed by atoms with Gasteiger partial charge in [0, 0.05) is 25.2 Å². The summed E-state index contributed by atoms with van der Waals surface area (Å²) < 4.78 is 22.2. The quantitative estimate of drug-likeness (QED) is 0.858. The van der Waals surface area contributed by atoms with Crippen LogP contribution in [0, 0.1) is 0 Å². The molecule has 24 heavy (non-hydrogen) atoms. The molecule has 2 aromatic rings. The minimum atomic E-state index is -1.77. The number of likely N-dealkylation sites (tertiary alicyclic amines) is 1. The van der Waals surface area contributed by atoms with Crippen LogP contribution >= 0.6 is 0 Å². The maximum Gasteiger partial charge on any atom is 0.266 e. The van der Waals surface area contributed by atoms with Crippen molar-refractivity contribution in [3.8, 4) is 0 Å². The monoisotopic (exact) mass is 333 g/mol. The third-order valence-electron chi connectivity index (χ3n) is 4.70. The largest absolute Gasteiger partial charge is 0.336 e. The fourth-order valence-corrected chi connectivity index (χ4v) is 3.11. The van der Waals surface area contributed by atoms with Gasteiger partial charge in [0.05, 0.1) is 18.3 Å². The fourth-order valence-electron chi connectivity index (χ4n) is 3.11. The van der Waals surface area contributed by atoms with Gasteiger partial charge in [-0.1, -0.05) is 5.16 Å². The highest BCUT2D eigenvalue weighted by Gasteiger charge is 2.44. The normalized spacial score (nSPS) is 24.3. The first kappa shape index (κ1) is 15.3. The Kier molecular flexibility index (Phi) is 3.62. The van der Waals surface area contributed by atoms with Gasteiger partial charge in [0.15, 0.2) is 5.82 Å². The minimum absolute atomic E-state index is 0.00570. The van der Waals surface area contributed by atoms with Crippen LogP contribution < -0.4 is 0 Å². The molecule has 0 radical (unpaired) electrons. The number of hydrogen-bond donors (Lipinski definition) is 0. The zero-order valence-corrected chi connectivity index (χ0v) is 13.6. The Bertz CT molecular complexity index is 753. The molecule has 1 amide bonds. The number of nitrogens with zero attached hydrogens (tertiary/aromatic N) is 5. The summed E-state index contributed by atoms with van der Waals surface area (Å²) in [6.45, 7) is 3.09. The second-order valence-corrected chi connectivity index (χ2v) is 6.61. The number of carbonyl (C=O) groups excluding carboxylic acids is 1. The summed E-state index contributed by atoms with van der Waals surface area (Å²) in [5, 5.41) is 8.01. The molecule has 7 nitrogen and oxygen atoms in total. The third kappa shape index (κ3) is 2.70. The molecule has 0 spiro atoms. The van der Waals surface area contributed by atoms with Crippen LogP contribution in [0.25, 0.3) is 0 Å². The second-order valence-electron chi connectivity index (χ2n) is 6.61. The van der Waals surface area contributed by atoms with Gasteiger partial charge in [-0.3, -0.25) is 9.48 Å². The summed E-state index contributed by atoms with van der Waals surface area (Å²) in [5.41, 5.74) is -1.29. The van der Waals surface area contributed by atoms with Gasteiger partial charge < -0.3 is 9.42 Å². The molecule has 1 atom stereocenters. The summed E-state index contributed by atoms with van der Waals surface area (Å²) >= 11 is 0. The molecular formula is C16H20FN5O2. The average molecular weight is 333 g/mol. The van der Waals surface area contributed by atoms with E-state index in [2.05, 4.69) is 15.2 Å². The van der Waals surface area contributed by atoms with Gasteiger partial charge >= 0.3 is 0 Å². The van der Waals surface area contributed by atoms with Crippen LogP contribution in [-0.2, 0) is 12.2 Å². The summed E-state index contributed by atoms with van der Waals surface area (Å²) in [4.78, 5) is 18.4. The summed E-state index contributed by atoms with van der Waals surface area (Å²) in [6, 6.07) is 0. The van der Waals surface area contributed by atoms with Crippen molar-refractivity contribution >= 4 is 5.91 Å². The molecule has 1 unspecified atom stereocenters. The topological polar surface area (TPSA) is 77.0 Å². The smallest absolute Gasteiger partial charge is 0.266 e. The lowest BCUT2D eigenvalue weighted by atomic mass is 9.94. The van der Waals surface area contributed by atoms with Crippen molar-refractivity contribution in [1.29, 1.82) is 0 Å². The lowest BCUT2D eigenvalue weighted by Crippen LogP contribution is -2.46. The molecule has 4 rings (SSSR count). The fraction of sp³-hybridized carbons (Fsp3) is 0.625. The molecule has 2 aliphatic rings. The number of alkyl halides is 1. The number of amides is 1. The maximum atomic E-state index is 15.4. The van der Waals surface area contributed by atoms with Crippen molar-refractivity contribution in [2.45, 2.75) is 50.7 Å². The number of aromatic nitrogens is 4. The summed E-state index contributed by atoms with van der Waals surface area (Å²) in [5.74, 6) is 0.700. The van der Waals surface area contributed by atoms with Crippen molar-refractivity contribution in [3.05, 3.63) is 29.7 Å². The lowest BCUT2D eigenvalue weighted by molar-refractivity contribution is 0.0152. The van der Waals surface area contributed by atoms with Crippen LogP contribution in [-0.4, -0.2) is 43.8 Å². The molecule has 1 saturated carbocycles. The van der Waals surface area contributed by atoms with Crippen molar-refractivity contribution in [2.24, 2.45) is 0 Å². The van der Waals surface area contributed by atoms with Crippen LogP contribution in [0.4, 0.5) is 4.39 Å². The Morgan fingerprint density at radius 1 is 1.50 bits per heavy atom. The Hall–Kier alpha value is -2.25. The van der Waals surface area contributed by atoms with E-state index < -0.39 is 5.67 Å². The van der Waals surface area contributed by atoms with E-state index in [1.54, 1.807) is 10.9 Å². The molecule has 1 saturated heterocycles. The Labute approximate surface area is 138 Å². The highest BCUT2D eigenvalue weighted by atomic mass is 19.1. The number of carbonyl (C=O) groups is 1. The summed E-state index contributed by atoms with van der Waals surface area (Å²) in [6.07, 6.45) is 6.13. The van der Waals surface area contributed by atoms with E-state index in [0.717, 1.165) is 12.8 Å². The molecule has 2 aromatic heterocycles. The first-order valence-corrected chi connectivity index (χ1v) is 8.44.